The predicted octanol–water partition coefficient (Wildman–Crippen LogP) is 3.69. The van der Waals surface area contributed by atoms with Crippen molar-refractivity contribution in [1.82, 2.24) is 0 Å². The van der Waals surface area contributed by atoms with Gasteiger partial charge in [0.1, 0.15) is 11.6 Å². The van der Waals surface area contributed by atoms with Crippen LogP contribution in [-0.2, 0) is 0 Å². The zero-order chi connectivity index (χ0) is 14.5. The van der Waals surface area contributed by atoms with E-state index in [0.717, 1.165) is 28.6 Å². The van der Waals surface area contributed by atoms with Crippen molar-refractivity contribution in [1.29, 1.82) is 0 Å². The number of hydrogen-bond acceptors (Lipinski definition) is 3. The molecule has 0 saturated heterocycles. The lowest BCUT2D eigenvalue weighted by Crippen LogP contribution is -2.32. The minimum Gasteiger partial charge on any atom is -0.493 e. The van der Waals surface area contributed by atoms with E-state index in [0.29, 0.717) is 6.61 Å². The minimum absolute atomic E-state index is 0.257. The number of nitrogens with zero attached hydrogens (tertiary/aromatic N) is 1. The van der Waals surface area contributed by atoms with E-state index in [1.165, 1.54) is 0 Å². The molecule has 19 heavy (non-hydrogen) atoms. The summed E-state index contributed by atoms with van der Waals surface area (Å²) in [5.74, 6) is 1.15. The number of oxime groups is 1. The van der Waals surface area contributed by atoms with Crippen LogP contribution in [0.1, 0.15) is 32.3 Å². The Bertz CT molecular complexity index is 459. The van der Waals surface area contributed by atoms with Gasteiger partial charge in [-0.1, -0.05) is 34.9 Å². The van der Waals surface area contributed by atoms with Crippen molar-refractivity contribution >= 4 is 21.8 Å². The van der Waals surface area contributed by atoms with Gasteiger partial charge in [0, 0.05) is 9.89 Å². The number of nitrogens with two attached hydrogens (primary N) is 1. The summed E-state index contributed by atoms with van der Waals surface area (Å²) in [6.07, 6.45) is 1.65. The van der Waals surface area contributed by atoms with E-state index in [9.17, 15) is 0 Å². The number of amidine groups is 1. The molecule has 0 bridgehead atoms. The molecule has 0 radical (unpaired) electrons. The molecule has 0 atom stereocenters. The van der Waals surface area contributed by atoms with Crippen molar-refractivity contribution in [3.05, 3.63) is 28.2 Å². The van der Waals surface area contributed by atoms with Gasteiger partial charge < -0.3 is 15.7 Å². The Labute approximate surface area is 122 Å². The molecule has 0 aromatic heterocycles. The Kier molecular flexibility index (Phi) is 5.66. The van der Waals surface area contributed by atoms with E-state index in [1.54, 1.807) is 0 Å². The Morgan fingerprint density at radius 3 is 2.74 bits per heavy atom. The molecule has 0 spiro atoms. The lowest BCUT2D eigenvalue weighted by molar-refractivity contribution is 0.276. The average Bonchev–Trinajstić information content (AvgIpc) is 2.35. The van der Waals surface area contributed by atoms with Crippen LogP contribution in [0, 0.1) is 12.3 Å². The van der Waals surface area contributed by atoms with Crippen molar-refractivity contribution in [2.24, 2.45) is 16.3 Å². The van der Waals surface area contributed by atoms with Gasteiger partial charge in [0.15, 0.2) is 0 Å². The first-order chi connectivity index (χ1) is 8.86. The van der Waals surface area contributed by atoms with E-state index in [1.807, 2.05) is 39.0 Å². The average molecular weight is 329 g/mol. The smallest absolute Gasteiger partial charge is 0.144 e. The molecule has 1 aromatic rings. The van der Waals surface area contributed by atoms with Gasteiger partial charge in [-0.2, -0.15) is 0 Å². The minimum atomic E-state index is -0.313. The molecule has 0 aliphatic heterocycles. The molecule has 5 heteroatoms. The number of rotatable bonds is 6. The summed E-state index contributed by atoms with van der Waals surface area (Å²) < 4.78 is 6.78. The lowest BCUT2D eigenvalue weighted by atomic mass is 9.87. The van der Waals surface area contributed by atoms with Crippen molar-refractivity contribution in [3.8, 4) is 5.75 Å². The van der Waals surface area contributed by atoms with Crippen LogP contribution in [0.15, 0.2) is 27.8 Å². The molecular formula is C14H21BrN2O2. The fraction of sp³-hybridized carbons (Fsp3) is 0.500. The van der Waals surface area contributed by atoms with Crippen LogP contribution in [0.2, 0.25) is 0 Å². The van der Waals surface area contributed by atoms with Crippen LogP contribution in [-0.4, -0.2) is 17.6 Å². The molecule has 106 valence electrons. The third-order valence-electron chi connectivity index (χ3n) is 3.14. The van der Waals surface area contributed by atoms with E-state index < -0.39 is 0 Å². The number of hydrogen-bond donors (Lipinski definition) is 2. The topological polar surface area (TPSA) is 67.8 Å². The van der Waals surface area contributed by atoms with Gasteiger partial charge in [0.25, 0.3) is 0 Å². The maximum absolute atomic E-state index is 8.69. The second kappa shape index (κ2) is 6.80. The van der Waals surface area contributed by atoms with E-state index in [-0.39, 0.29) is 11.3 Å². The third-order valence-corrected chi connectivity index (χ3v) is 3.64. The first kappa shape index (κ1) is 15.8. The Morgan fingerprint density at radius 2 is 2.16 bits per heavy atom. The van der Waals surface area contributed by atoms with E-state index in [4.69, 9.17) is 15.7 Å². The Morgan fingerprint density at radius 1 is 1.47 bits per heavy atom. The summed E-state index contributed by atoms with van der Waals surface area (Å²) in [5, 5.41) is 11.8. The first-order valence-electron chi connectivity index (χ1n) is 6.24. The van der Waals surface area contributed by atoms with Crippen molar-refractivity contribution < 1.29 is 9.94 Å². The molecule has 4 nitrogen and oxygen atoms in total. The standard InChI is InChI=1S/C14H21BrN2O2/c1-10-9-11(15)5-6-12(10)19-8-4-7-14(2,3)13(16)17-18/h5-6,9,18H,4,7-8H2,1-3H3,(H2,16,17). The molecule has 0 saturated carbocycles. The van der Waals surface area contributed by atoms with Crippen molar-refractivity contribution in [2.75, 3.05) is 6.61 Å². The monoisotopic (exact) mass is 328 g/mol. The van der Waals surface area contributed by atoms with Gasteiger partial charge in [0.05, 0.1) is 6.61 Å². The number of ether oxygens (including phenoxy) is 1. The molecule has 3 N–H and O–H groups in total. The fourth-order valence-electron chi connectivity index (χ4n) is 1.73. The van der Waals surface area contributed by atoms with Crippen LogP contribution in [0.3, 0.4) is 0 Å². The molecule has 1 aromatic carbocycles. The highest BCUT2D eigenvalue weighted by molar-refractivity contribution is 9.10. The normalized spacial score (nSPS) is 12.5. The maximum Gasteiger partial charge on any atom is 0.144 e. The molecule has 0 fully saturated rings. The summed E-state index contributed by atoms with van der Waals surface area (Å²) in [7, 11) is 0. The van der Waals surface area contributed by atoms with Crippen LogP contribution in [0.25, 0.3) is 0 Å². The highest BCUT2D eigenvalue weighted by atomic mass is 79.9. The summed E-state index contributed by atoms with van der Waals surface area (Å²) in [6, 6.07) is 5.94. The van der Waals surface area contributed by atoms with Gasteiger partial charge in [0.2, 0.25) is 0 Å². The number of halogens is 1. The third kappa shape index (κ3) is 4.74. The first-order valence-corrected chi connectivity index (χ1v) is 7.03. The van der Waals surface area contributed by atoms with Crippen LogP contribution < -0.4 is 10.5 Å². The summed E-state index contributed by atoms with van der Waals surface area (Å²) in [5.41, 5.74) is 6.43. The predicted molar refractivity (Wildman–Crippen MR) is 80.8 cm³/mol. The van der Waals surface area contributed by atoms with Gasteiger partial charge in [-0.3, -0.25) is 0 Å². The largest absolute Gasteiger partial charge is 0.493 e. The Hall–Kier alpha value is -1.23. The van der Waals surface area contributed by atoms with E-state index in [2.05, 4.69) is 21.1 Å². The highest BCUT2D eigenvalue weighted by Gasteiger charge is 2.22. The second-order valence-electron chi connectivity index (χ2n) is 5.23. The molecule has 0 aliphatic rings. The molecular weight excluding hydrogens is 308 g/mol. The summed E-state index contributed by atoms with van der Waals surface area (Å²) >= 11 is 3.42. The molecule has 0 amide bonds. The molecule has 1 rings (SSSR count). The highest BCUT2D eigenvalue weighted by Crippen LogP contribution is 2.25. The maximum atomic E-state index is 8.69. The van der Waals surface area contributed by atoms with Crippen LogP contribution >= 0.6 is 15.9 Å². The number of aryl methyl sites for hydroxylation is 1. The van der Waals surface area contributed by atoms with Crippen molar-refractivity contribution in [3.63, 3.8) is 0 Å². The quantitative estimate of drug-likeness (QED) is 0.275. The molecule has 0 aliphatic carbocycles. The molecule has 0 unspecified atom stereocenters. The molecule has 0 heterocycles. The van der Waals surface area contributed by atoms with Gasteiger partial charge >= 0.3 is 0 Å². The summed E-state index contributed by atoms with van der Waals surface area (Å²) in [6.45, 7) is 6.53. The second-order valence-corrected chi connectivity index (χ2v) is 6.15. The van der Waals surface area contributed by atoms with Crippen molar-refractivity contribution in [2.45, 2.75) is 33.6 Å². The fourth-order valence-corrected chi connectivity index (χ4v) is 2.21. The van der Waals surface area contributed by atoms with Crippen LogP contribution in [0.5, 0.6) is 5.75 Å². The van der Waals surface area contributed by atoms with Gasteiger partial charge in [-0.15, -0.1) is 0 Å². The zero-order valence-corrected chi connectivity index (χ0v) is 13.2. The lowest BCUT2D eigenvalue weighted by Gasteiger charge is -2.22. The van der Waals surface area contributed by atoms with Crippen LogP contribution in [0.4, 0.5) is 0 Å². The zero-order valence-electron chi connectivity index (χ0n) is 11.6. The Balaban J connectivity index is 2.43. The SMILES string of the molecule is Cc1cc(Br)ccc1OCCCC(C)(C)C(N)=NO. The summed E-state index contributed by atoms with van der Waals surface area (Å²) in [4.78, 5) is 0. The number of benzene rings is 1. The van der Waals surface area contributed by atoms with Gasteiger partial charge in [-0.25, -0.2) is 0 Å². The van der Waals surface area contributed by atoms with Gasteiger partial charge in [-0.05, 0) is 43.5 Å². The van der Waals surface area contributed by atoms with E-state index >= 15 is 0 Å².